The molecule has 0 amide bonds. The van der Waals surface area contributed by atoms with Crippen LogP contribution in [-0.4, -0.2) is 89.0 Å². The summed E-state index contributed by atoms with van der Waals surface area (Å²) in [5, 5.41) is 20.6. The molecule has 0 aliphatic carbocycles. The van der Waals surface area contributed by atoms with E-state index in [4.69, 9.17) is 24.7 Å². The van der Waals surface area contributed by atoms with Crippen molar-refractivity contribution in [2.75, 3.05) is 39.8 Å². The highest BCUT2D eigenvalue weighted by Crippen LogP contribution is 2.30. The molecule has 5 N–H and O–H groups in total. The molecule has 10 nitrogen and oxygen atoms in total. The maximum atomic E-state index is 11.1. The molecule has 0 bridgehead atoms. The fourth-order valence-corrected chi connectivity index (χ4v) is 6.02. The number of benzene rings is 2. The Kier molecular flexibility index (Phi) is 9.92. The Labute approximate surface area is 252 Å². The van der Waals surface area contributed by atoms with Gasteiger partial charge >= 0.3 is 5.97 Å². The topological polar surface area (TPSA) is 137 Å². The van der Waals surface area contributed by atoms with Gasteiger partial charge in [0.1, 0.15) is 29.4 Å². The van der Waals surface area contributed by atoms with E-state index in [-0.39, 0.29) is 11.8 Å². The largest absolute Gasteiger partial charge is 0.497 e. The lowest BCUT2D eigenvalue weighted by molar-refractivity contribution is 0.0119. The zero-order valence-corrected chi connectivity index (χ0v) is 25.3. The van der Waals surface area contributed by atoms with Crippen molar-refractivity contribution in [3.05, 3.63) is 60.0 Å². The number of fused-ring (bicyclic) bond motifs is 2. The van der Waals surface area contributed by atoms with Crippen LogP contribution in [-0.2, 0) is 6.61 Å². The van der Waals surface area contributed by atoms with Gasteiger partial charge in [-0.05, 0) is 75.5 Å². The number of H-pyrrole nitrogens is 1. The van der Waals surface area contributed by atoms with Crippen LogP contribution in [0.5, 0.6) is 11.5 Å². The number of aliphatic hydroxyl groups excluding tert-OH is 1. The molecule has 0 saturated carbocycles. The molecule has 0 spiro atoms. The van der Waals surface area contributed by atoms with E-state index in [1.165, 1.54) is 0 Å². The summed E-state index contributed by atoms with van der Waals surface area (Å²) in [6, 6.07) is 13.6. The van der Waals surface area contributed by atoms with E-state index in [0.29, 0.717) is 30.4 Å². The first-order chi connectivity index (χ1) is 20.7. The molecule has 2 aromatic heterocycles. The lowest BCUT2D eigenvalue weighted by Crippen LogP contribution is -2.51. The van der Waals surface area contributed by atoms with Gasteiger partial charge in [0, 0.05) is 59.6 Å². The number of methoxy groups -OCH3 is 1. The number of nitrogens with one attached hydrogen (secondary N) is 1. The quantitative estimate of drug-likeness (QED) is 0.229. The Morgan fingerprint density at radius 3 is 2.65 bits per heavy atom. The van der Waals surface area contributed by atoms with E-state index in [9.17, 15) is 9.90 Å². The second kappa shape index (κ2) is 13.8. The van der Waals surface area contributed by atoms with Crippen LogP contribution in [0.3, 0.4) is 0 Å². The molecule has 3 atom stereocenters. The van der Waals surface area contributed by atoms with Crippen LogP contribution in [0.25, 0.3) is 21.9 Å². The number of aromatic amines is 1. The molecule has 2 saturated heterocycles. The number of furan rings is 1. The molecule has 4 heterocycles. The Hall–Kier alpha value is -3.57. The van der Waals surface area contributed by atoms with E-state index in [1.807, 2.05) is 36.4 Å². The van der Waals surface area contributed by atoms with Crippen molar-refractivity contribution in [1.82, 2.24) is 14.8 Å². The number of nitrogens with zero attached hydrogens (tertiary/aromatic N) is 2. The second-order valence-electron chi connectivity index (χ2n) is 11.9. The van der Waals surface area contributed by atoms with Gasteiger partial charge in [0.15, 0.2) is 0 Å². The van der Waals surface area contributed by atoms with Crippen LogP contribution in [0.4, 0.5) is 0 Å². The third-order valence-electron chi connectivity index (χ3n) is 8.77. The summed E-state index contributed by atoms with van der Waals surface area (Å²) in [5.74, 6) is 0.754. The van der Waals surface area contributed by atoms with Crippen molar-refractivity contribution in [2.24, 2.45) is 11.7 Å². The Bertz CT molecular complexity index is 1510. The van der Waals surface area contributed by atoms with Gasteiger partial charge in [0.05, 0.1) is 19.5 Å². The number of hydrogen-bond acceptors (Lipinski definition) is 8. The molecule has 10 heteroatoms. The van der Waals surface area contributed by atoms with E-state index < -0.39 is 5.97 Å². The monoisotopic (exact) mass is 592 g/mol. The predicted octanol–water partition coefficient (Wildman–Crippen LogP) is 4.70. The van der Waals surface area contributed by atoms with Crippen molar-refractivity contribution >= 4 is 27.8 Å². The number of aromatic carboxylic acids is 1. The molecular weight excluding hydrogens is 548 g/mol. The second-order valence-corrected chi connectivity index (χ2v) is 11.9. The normalized spacial score (nSPS) is 21.0. The number of piperidine rings is 2. The van der Waals surface area contributed by atoms with E-state index in [1.54, 1.807) is 19.4 Å². The molecule has 232 valence electrons. The number of hydrogen-bond donors (Lipinski definition) is 4. The van der Waals surface area contributed by atoms with Crippen LogP contribution >= 0.6 is 0 Å². The fourth-order valence-electron chi connectivity index (χ4n) is 6.02. The number of rotatable bonds is 8. The first-order valence-corrected chi connectivity index (χ1v) is 15.1. The van der Waals surface area contributed by atoms with Gasteiger partial charge in [-0.2, -0.15) is 0 Å². The van der Waals surface area contributed by atoms with Gasteiger partial charge in [0.2, 0.25) is 0 Å². The van der Waals surface area contributed by atoms with Crippen molar-refractivity contribution in [3.8, 4) is 11.5 Å². The minimum absolute atomic E-state index is 0.0959. The van der Waals surface area contributed by atoms with Gasteiger partial charge < -0.3 is 39.7 Å². The Morgan fingerprint density at radius 1 is 1.14 bits per heavy atom. The minimum Gasteiger partial charge on any atom is -0.497 e. The van der Waals surface area contributed by atoms with Crippen molar-refractivity contribution in [2.45, 2.75) is 57.9 Å². The highest BCUT2D eigenvalue weighted by atomic mass is 16.5. The average Bonchev–Trinajstić information content (AvgIpc) is 3.63. The van der Waals surface area contributed by atoms with Crippen molar-refractivity contribution < 1.29 is 28.9 Å². The molecule has 6 rings (SSSR count). The van der Waals surface area contributed by atoms with Gasteiger partial charge in [-0.15, -0.1) is 0 Å². The number of ether oxygens (including phenoxy) is 2. The molecule has 2 fully saturated rings. The molecule has 0 unspecified atom stereocenters. The third kappa shape index (κ3) is 7.51. The highest BCUT2D eigenvalue weighted by molar-refractivity contribution is 5.96. The van der Waals surface area contributed by atoms with Gasteiger partial charge in [-0.25, -0.2) is 4.79 Å². The van der Waals surface area contributed by atoms with E-state index in [0.717, 1.165) is 85.2 Å². The van der Waals surface area contributed by atoms with Crippen LogP contribution in [0.2, 0.25) is 0 Å². The predicted molar refractivity (Wildman–Crippen MR) is 167 cm³/mol. The zero-order chi connectivity index (χ0) is 30.5. The SMILES string of the molecule is COc1ccc2c(COc3cccc4[nH]c(C(=O)O)cc34)coc2c1.C[C@H]1CN([C@@H](C)CN2CCC(N)CC2)CC[C@@H]1O. The summed E-state index contributed by atoms with van der Waals surface area (Å²) in [6.07, 6.45) is 4.77. The van der Waals surface area contributed by atoms with Gasteiger partial charge in [-0.3, -0.25) is 4.90 Å². The molecule has 2 aromatic carbocycles. The molecule has 2 aliphatic rings. The average molecular weight is 593 g/mol. The van der Waals surface area contributed by atoms with E-state index >= 15 is 0 Å². The van der Waals surface area contributed by atoms with Crippen molar-refractivity contribution in [3.63, 3.8) is 0 Å². The smallest absolute Gasteiger partial charge is 0.352 e. The number of carboxylic acids is 1. The third-order valence-corrected chi connectivity index (χ3v) is 8.77. The van der Waals surface area contributed by atoms with Crippen molar-refractivity contribution in [1.29, 1.82) is 0 Å². The fraction of sp³-hybridized carbons (Fsp3) is 0.485. The Morgan fingerprint density at radius 2 is 1.93 bits per heavy atom. The standard InChI is InChI=1S/C19H15NO5.C14H29N3O/c1-23-12-5-6-13-11(10-25-18(13)7-12)9-24-17-4-2-3-15-14(17)8-16(20-15)19(21)22;1-11-9-17(8-5-14(11)18)12(2)10-16-6-3-13(15)4-7-16/h2-8,10,20H,9H2,1H3,(H,21,22);11-14,18H,3-10,15H2,1-2H3/t;11-,12-,14-/m.0/s1. The first-order valence-electron chi connectivity index (χ1n) is 15.1. The van der Waals surface area contributed by atoms with Crippen LogP contribution in [0.1, 0.15) is 49.2 Å². The van der Waals surface area contributed by atoms with E-state index in [2.05, 4.69) is 28.6 Å². The molecule has 0 radical (unpaired) electrons. The highest BCUT2D eigenvalue weighted by Gasteiger charge is 2.28. The minimum atomic E-state index is -1.00. The van der Waals surface area contributed by atoms with Crippen LogP contribution < -0.4 is 15.2 Å². The summed E-state index contributed by atoms with van der Waals surface area (Å²) in [7, 11) is 1.61. The van der Waals surface area contributed by atoms with Gasteiger partial charge in [-0.1, -0.05) is 13.0 Å². The van der Waals surface area contributed by atoms with Crippen LogP contribution in [0.15, 0.2) is 53.1 Å². The summed E-state index contributed by atoms with van der Waals surface area (Å²) >= 11 is 0. The van der Waals surface area contributed by atoms with Gasteiger partial charge in [0.25, 0.3) is 0 Å². The maximum Gasteiger partial charge on any atom is 0.352 e. The summed E-state index contributed by atoms with van der Waals surface area (Å²) < 4.78 is 16.7. The number of likely N-dealkylation sites (tertiary alicyclic amines) is 2. The molecule has 2 aliphatic heterocycles. The molecular formula is C33H44N4O6. The first kappa shape index (κ1) is 30.9. The number of carbonyl (C=O) groups is 1. The number of aliphatic hydroxyl groups is 1. The molecule has 4 aromatic rings. The number of nitrogens with two attached hydrogens (primary N) is 1. The zero-order valence-electron chi connectivity index (χ0n) is 25.3. The summed E-state index contributed by atoms with van der Waals surface area (Å²) in [5.41, 5.74) is 8.42. The lowest BCUT2D eigenvalue weighted by Gasteiger charge is -2.41. The summed E-state index contributed by atoms with van der Waals surface area (Å²) in [6.45, 7) is 10.3. The number of aromatic nitrogens is 1. The molecule has 43 heavy (non-hydrogen) atoms. The Balaban J connectivity index is 0.000000181. The van der Waals surface area contributed by atoms with Crippen LogP contribution in [0, 0.1) is 5.92 Å². The lowest BCUT2D eigenvalue weighted by atomic mass is 9.95. The number of carboxylic acid groups (broad SMARTS) is 1. The summed E-state index contributed by atoms with van der Waals surface area (Å²) in [4.78, 5) is 19.1. The maximum absolute atomic E-state index is 11.1.